The minimum Gasteiger partial charge on any atom is -0.310 e. The third kappa shape index (κ3) is 12.2. The molecular weight excluding hydrogens is 1530 g/mol. The Morgan fingerprint density at radius 3 is 0.984 bits per heavy atom. The van der Waals surface area contributed by atoms with Gasteiger partial charge < -0.3 is 9.80 Å². The van der Waals surface area contributed by atoms with Crippen molar-refractivity contribution in [2.75, 3.05) is 14.7 Å². The molecule has 0 aliphatic rings. The minimum absolute atomic E-state index is 0.881. The van der Waals surface area contributed by atoms with Crippen molar-refractivity contribution in [2.24, 2.45) is 0 Å². The van der Waals surface area contributed by atoms with Crippen LogP contribution in [0.2, 0.25) is 0 Å². The van der Waals surface area contributed by atoms with Crippen LogP contribution in [-0.4, -0.2) is 19.9 Å². The van der Waals surface area contributed by atoms with Crippen LogP contribution in [0.3, 0.4) is 0 Å². The number of hydrogen-bond acceptors (Lipinski definition) is 9. The molecule has 0 N–H and O–H groups in total. The van der Waals surface area contributed by atoms with E-state index in [1.807, 2.05) is 77.8 Å². The highest BCUT2D eigenvalue weighted by molar-refractivity contribution is 7.26. The summed E-state index contributed by atoms with van der Waals surface area (Å²) in [5.41, 5.74) is 17.2. The van der Waals surface area contributed by atoms with Crippen molar-refractivity contribution in [2.45, 2.75) is 0 Å². The highest BCUT2D eigenvalue weighted by Gasteiger charge is 2.24. The first-order valence-electron chi connectivity index (χ1n) is 41.6. The average molecular weight is 1600 g/mol. The van der Waals surface area contributed by atoms with Crippen molar-refractivity contribution >= 4 is 223 Å². The highest BCUT2D eigenvalue weighted by atomic mass is 32.1. The molecule has 0 aliphatic heterocycles. The molecule has 574 valence electrons. The summed E-state index contributed by atoms with van der Waals surface area (Å²) < 4.78 is 2.59. The minimum atomic E-state index is 0.881. The van der Waals surface area contributed by atoms with Crippen LogP contribution in [0, 0.1) is 0 Å². The van der Waals surface area contributed by atoms with Crippen LogP contribution >= 0.6 is 22.7 Å². The number of fused-ring (bicyclic) bond motifs is 9. The van der Waals surface area contributed by atoms with Crippen molar-refractivity contribution < 1.29 is 0 Å². The summed E-state index contributed by atoms with van der Waals surface area (Å²) in [6.07, 6.45) is 7.67. The van der Waals surface area contributed by atoms with Crippen LogP contribution in [-0.2, 0) is 0 Å². The number of rotatable bonds is 12. The molecule has 0 saturated heterocycles. The Bertz CT molecular complexity index is 8380. The molecule has 7 nitrogen and oxygen atoms in total. The van der Waals surface area contributed by atoms with Gasteiger partial charge in [0.15, 0.2) is 0 Å². The molecular formula is C114H71N7S2. The molecule has 0 saturated carbocycles. The Morgan fingerprint density at radius 1 is 0.195 bits per heavy atom. The van der Waals surface area contributed by atoms with Gasteiger partial charge in [0.05, 0.1) is 16.6 Å². The summed E-state index contributed by atoms with van der Waals surface area (Å²) in [5, 5.41) is 30.2. The number of hydrogen-bond donors (Lipinski definition) is 0. The maximum absolute atomic E-state index is 4.97. The molecule has 0 unspecified atom stereocenters. The monoisotopic (exact) mass is 1600 g/mol. The van der Waals surface area contributed by atoms with E-state index >= 15 is 0 Å². The molecule has 0 fully saturated rings. The molecule has 0 aliphatic carbocycles. The fourth-order valence-electron chi connectivity index (χ4n) is 19.0. The van der Waals surface area contributed by atoms with Crippen molar-refractivity contribution in [3.05, 3.63) is 431 Å². The number of benzene rings is 20. The Balaban J connectivity index is 0.000000105. The number of nitrogens with zero attached hydrogens (tertiary/aromatic N) is 7. The van der Waals surface area contributed by atoms with Crippen molar-refractivity contribution in [1.29, 1.82) is 0 Å². The molecule has 6 aromatic heterocycles. The summed E-state index contributed by atoms with van der Waals surface area (Å²) in [4.78, 5) is 27.3. The second kappa shape index (κ2) is 29.6. The first-order chi connectivity index (χ1) is 61.0. The lowest BCUT2D eigenvalue weighted by atomic mass is 9.89. The molecule has 0 atom stereocenters. The fraction of sp³-hybridized carbons (Fsp3) is 0. The Morgan fingerprint density at radius 2 is 0.545 bits per heavy atom. The lowest BCUT2D eigenvalue weighted by Gasteiger charge is -2.25. The smallest absolute Gasteiger partial charge is 0.137 e. The highest BCUT2D eigenvalue weighted by Crippen LogP contribution is 2.50. The van der Waals surface area contributed by atoms with E-state index < -0.39 is 0 Å². The van der Waals surface area contributed by atoms with Crippen LogP contribution in [0.1, 0.15) is 0 Å². The van der Waals surface area contributed by atoms with Crippen molar-refractivity contribution in [3.63, 3.8) is 0 Å². The predicted octanol–water partition coefficient (Wildman–Crippen LogP) is 32.6. The van der Waals surface area contributed by atoms with Gasteiger partial charge >= 0.3 is 0 Å². The molecule has 26 aromatic rings. The third-order valence-corrected chi connectivity index (χ3v) is 26.7. The molecule has 0 radical (unpaired) electrons. The summed E-state index contributed by atoms with van der Waals surface area (Å²) in [7, 11) is 0. The van der Waals surface area contributed by atoms with Gasteiger partial charge in [0.1, 0.15) is 10.8 Å². The maximum atomic E-state index is 4.97. The number of pyridine rings is 4. The van der Waals surface area contributed by atoms with Gasteiger partial charge in [-0.25, -0.2) is 4.98 Å². The molecule has 0 amide bonds. The normalized spacial score (nSPS) is 11.7. The van der Waals surface area contributed by atoms with Crippen LogP contribution in [0.5, 0.6) is 0 Å². The van der Waals surface area contributed by atoms with Gasteiger partial charge in [-0.05, 0) is 255 Å². The lowest BCUT2D eigenvalue weighted by Crippen LogP contribution is -2.11. The zero-order valence-corrected chi connectivity index (χ0v) is 68.1. The summed E-state index contributed by atoms with van der Waals surface area (Å²) in [5.74, 6) is 0.881. The van der Waals surface area contributed by atoms with E-state index in [0.717, 1.165) is 67.7 Å². The number of para-hydroxylation sites is 6. The molecule has 20 aromatic carbocycles. The molecule has 123 heavy (non-hydrogen) atoms. The number of anilines is 9. The zero-order chi connectivity index (χ0) is 81.0. The Labute approximate surface area is 716 Å². The second-order valence-electron chi connectivity index (χ2n) is 31.5. The lowest BCUT2D eigenvalue weighted by molar-refractivity contribution is 1.18. The van der Waals surface area contributed by atoms with Crippen LogP contribution in [0.15, 0.2) is 431 Å². The van der Waals surface area contributed by atoms with E-state index in [2.05, 4.69) is 391 Å². The fourth-order valence-corrected chi connectivity index (χ4v) is 21.3. The predicted molar refractivity (Wildman–Crippen MR) is 525 cm³/mol. The summed E-state index contributed by atoms with van der Waals surface area (Å²) in [6.45, 7) is 0. The summed E-state index contributed by atoms with van der Waals surface area (Å²) in [6, 6.07) is 146. The van der Waals surface area contributed by atoms with Gasteiger partial charge in [0.25, 0.3) is 0 Å². The quantitative estimate of drug-likeness (QED) is 0.0892. The second-order valence-corrected chi connectivity index (χ2v) is 33.7. The van der Waals surface area contributed by atoms with Gasteiger partial charge in [-0.2, -0.15) is 0 Å². The molecule has 9 heteroatoms. The van der Waals surface area contributed by atoms with E-state index in [0.29, 0.717) is 0 Å². The van der Waals surface area contributed by atoms with E-state index in [1.165, 1.54) is 165 Å². The first-order valence-corrected chi connectivity index (χ1v) is 43.2. The van der Waals surface area contributed by atoms with E-state index in [1.54, 1.807) is 0 Å². The van der Waals surface area contributed by atoms with E-state index in [-0.39, 0.29) is 0 Å². The molecule has 0 bridgehead atoms. The number of aromatic nitrogens is 4. The first kappa shape index (κ1) is 71.3. The maximum Gasteiger partial charge on any atom is 0.137 e. The Kier molecular flexibility index (Phi) is 17.2. The van der Waals surface area contributed by atoms with Gasteiger partial charge in [0, 0.05) is 128 Å². The van der Waals surface area contributed by atoms with Gasteiger partial charge in [-0.3, -0.25) is 19.9 Å². The topological polar surface area (TPSA) is 61.3 Å². The largest absolute Gasteiger partial charge is 0.310 e. The average Bonchev–Trinajstić information content (AvgIpc) is 1.37. The van der Waals surface area contributed by atoms with Crippen LogP contribution < -0.4 is 14.7 Å². The molecule has 6 heterocycles. The van der Waals surface area contributed by atoms with Crippen molar-refractivity contribution in [1.82, 2.24) is 19.9 Å². The molecule has 26 rings (SSSR count). The van der Waals surface area contributed by atoms with Crippen LogP contribution in [0.4, 0.5) is 50.6 Å². The number of thiophene rings is 2. The van der Waals surface area contributed by atoms with Gasteiger partial charge in [-0.1, -0.05) is 255 Å². The van der Waals surface area contributed by atoms with Gasteiger partial charge in [-0.15, -0.1) is 22.7 Å². The van der Waals surface area contributed by atoms with E-state index in [4.69, 9.17) is 19.9 Å². The van der Waals surface area contributed by atoms with Gasteiger partial charge in [0.2, 0.25) is 0 Å². The third-order valence-electron chi connectivity index (χ3n) is 24.5. The molecule has 0 spiro atoms. The van der Waals surface area contributed by atoms with Crippen molar-refractivity contribution in [3.8, 4) is 32.7 Å². The standard InChI is InChI=1S/C43H26N2S.C36H23N3.C35H22N2S/c1-3-9-31(10-4-1)45(32-11-5-2-6-12-32)33-17-20-36-35-19-16-28(25-39(35)46-40(36)26-33)34-18-15-27-13-14-29-24-30-8-7-23-44-43(30)38-22-21-37(34)41(27)42(29)38;1-3-9-28(10-4-1)39(29-11-5-2-6-12-29)33-20-16-27(23-38-33)30-17-15-24-13-14-25-22-26-8-7-21-37-36(26)32-19-18-31(30)34(24)35(25)32;1-3-9-26(10-4-1)37(27-11-5-2-6-12-27)32-20-19-31(38-32)28-16-15-23-13-14-24-22-25-8-7-21-36-35(25)30-18-17-29(28)33(23)34(24)30/h1-26H;1-23H;1-22H. The summed E-state index contributed by atoms with van der Waals surface area (Å²) >= 11 is 3.70. The SMILES string of the molecule is c1ccc(N(c2ccccc2)c2ccc(-c3ccc4ccc5cc6cccnc6c6ccc3c4c56)cn2)cc1.c1ccc(N(c2ccccc2)c2ccc(-c3ccc4ccc5cc6cccnc6c6ccc3c4c56)s2)cc1.c1ccc(N(c2ccccc2)c2ccc3c(c2)sc2cc(-c4ccc5ccc6cc7cccnc7c7ccc4c5c67)ccc23)cc1. The van der Waals surface area contributed by atoms with Crippen LogP contribution in [0.25, 0.3) is 183 Å². The zero-order valence-electron chi connectivity index (χ0n) is 66.4. The van der Waals surface area contributed by atoms with E-state index in [9.17, 15) is 0 Å². The Hall–Kier alpha value is -15.8.